The molecule has 0 aliphatic rings. The minimum Gasteiger partial charge on any atom is -0.421 e. The first-order valence-electron chi connectivity index (χ1n) is 6.97. The summed E-state index contributed by atoms with van der Waals surface area (Å²) < 4.78 is 5.42. The molecule has 0 unspecified atom stereocenters. The zero-order chi connectivity index (χ0) is 15.5. The second kappa shape index (κ2) is 8.55. The molecule has 0 spiro atoms. The zero-order valence-corrected chi connectivity index (χ0v) is 14.4. The van der Waals surface area contributed by atoms with Gasteiger partial charge in [-0.2, -0.15) is 0 Å². The van der Waals surface area contributed by atoms with Crippen molar-refractivity contribution in [3.05, 3.63) is 71.8 Å². The molecule has 0 fully saturated rings. The molecule has 4 N–H and O–H groups in total. The topological polar surface area (TPSA) is 78.3 Å². The van der Waals surface area contributed by atoms with E-state index in [0.717, 1.165) is 16.3 Å². The average molecular weight is 365 g/mol. The van der Waals surface area contributed by atoms with E-state index in [1.165, 1.54) is 0 Å². The number of carbonyl (C=O) groups is 1. The summed E-state index contributed by atoms with van der Waals surface area (Å²) in [7, 11) is 0. The van der Waals surface area contributed by atoms with Crippen LogP contribution in [0.4, 0.5) is 5.69 Å². The molecule has 0 amide bonds. The summed E-state index contributed by atoms with van der Waals surface area (Å²) in [5.41, 5.74) is 13.5. The Balaban J connectivity index is 0.00000144. The average Bonchev–Trinajstić information content (AvgIpc) is 2.57. The summed E-state index contributed by atoms with van der Waals surface area (Å²) in [5, 5.41) is 1.87. The van der Waals surface area contributed by atoms with Crippen LogP contribution < -0.4 is 16.2 Å². The Bertz CT molecular complexity index is 836. The van der Waals surface area contributed by atoms with Crippen LogP contribution in [0.3, 0.4) is 0 Å². The number of nitrogens with two attached hydrogens (primary N) is 2. The maximum Gasteiger partial charge on any atom is 0.343 e. The third kappa shape index (κ3) is 3.97. The van der Waals surface area contributed by atoms with Crippen molar-refractivity contribution in [1.29, 1.82) is 0 Å². The monoisotopic (exact) mass is 364 g/mol. The molecule has 0 radical (unpaired) electrons. The SMILES string of the molecule is Cl.Cl.NCc1ccc(C(=O)Oc2ccc3ccccc3c2N)cc1. The van der Waals surface area contributed by atoms with Gasteiger partial charge in [0.2, 0.25) is 0 Å². The van der Waals surface area contributed by atoms with Gasteiger partial charge in [-0.3, -0.25) is 0 Å². The smallest absolute Gasteiger partial charge is 0.343 e. The molecule has 0 atom stereocenters. The lowest BCUT2D eigenvalue weighted by Gasteiger charge is -2.10. The summed E-state index contributed by atoms with van der Waals surface area (Å²) in [5.74, 6) is -0.0721. The second-order valence-corrected chi connectivity index (χ2v) is 4.99. The van der Waals surface area contributed by atoms with Crippen molar-refractivity contribution in [2.24, 2.45) is 5.73 Å². The molecule has 0 saturated carbocycles. The minimum absolute atomic E-state index is 0. The van der Waals surface area contributed by atoms with E-state index in [-0.39, 0.29) is 24.8 Å². The molecule has 6 heteroatoms. The van der Waals surface area contributed by atoms with Crippen molar-refractivity contribution < 1.29 is 9.53 Å². The molecule has 3 rings (SSSR count). The summed E-state index contributed by atoms with van der Waals surface area (Å²) >= 11 is 0. The third-order valence-corrected chi connectivity index (χ3v) is 3.56. The van der Waals surface area contributed by atoms with Crippen LogP contribution in [-0.2, 0) is 6.54 Å². The Kier molecular flexibility index (Phi) is 7.04. The van der Waals surface area contributed by atoms with Gasteiger partial charge in [-0.1, -0.05) is 42.5 Å². The summed E-state index contributed by atoms with van der Waals surface area (Å²) in [6, 6.07) is 18.3. The van der Waals surface area contributed by atoms with Gasteiger partial charge in [-0.25, -0.2) is 4.79 Å². The lowest BCUT2D eigenvalue weighted by molar-refractivity contribution is 0.0736. The van der Waals surface area contributed by atoms with Gasteiger partial charge in [0.1, 0.15) is 0 Å². The molecular weight excluding hydrogens is 347 g/mol. The van der Waals surface area contributed by atoms with E-state index >= 15 is 0 Å². The normalized spacial score (nSPS) is 9.71. The number of rotatable bonds is 3. The van der Waals surface area contributed by atoms with Crippen LogP contribution in [-0.4, -0.2) is 5.97 Å². The first kappa shape index (κ1) is 19.8. The molecular formula is C18H18Cl2N2O2. The van der Waals surface area contributed by atoms with Crippen molar-refractivity contribution >= 4 is 47.2 Å². The van der Waals surface area contributed by atoms with Crippen LogP contribution in [0.1, 0.15) is 15.9 Å². The molecule has 3 aromatic carbocycles. The highest BCUT2D eigenvalue weighted by Gasteiger charge is 2.12. The lowest BCUT2D eigenvalue weighted by Crippen LogP contribution is -2.10. The standard InChI is InChI=1S/C18H16N2O2.2ClH/c19-11-12-5-7-14(8-6-12)18(21)22-16-10-9-13-3-1-2-4-15(13)17(16)20;;/h1-10H,11,19-20H2;2*1H. The number of fused-ring (bicyclic) bond motifs is 1. The van der Waals surface area contributed by atoms with Gasteiger partial charge in [0, 0.05) is 11.9 Å². The molecule has 24 heavy (non-hydrogen) atoms. The summed E-state index contributed by atoms with van der Waals surface area (Å²) in [4.78, 5) is 12.2. The summed E-state index contributed by atoms with van der Waals surface area (Å²) in [6.45, 7) is 0.437. The van der Waals surface area contributed by atoms with Crippen molar-refractivity contribution in [1.82, 2.24) is 0 Å². The molecule has 0 aliphatic heterocycles. The Morgan fingerprint density at radius 2 is 1.58 bits per heavy atom. The number of carbonyl (C=O) groups excluding carboxylic acids is 1. The van der Waals surface area contributed by atoms with Crippen molar-refractivity contribution in [3.63, 3.8) is 0 Å². The first-order valence-corrected chi connectivity index (χ1v) is 6.97. The van der Waals surface area contributed by atoms with Gasteiger partial charge >= 0.3 is 5.97 Å². The van der Waals surface area contributed by atoms with Gasteiger partial charge in [-0.05, 0) is 29.1 Å². The van der Waals surface area contributed by atoms with E-state index in [4.69, 9.17) is 16.2 Å². The molecule has 3 aromatic rings. The van der Waals surface area contributed by atoms with Crippen LogP contribution in [0.25, 0.3) is 10.8 Å². The predicted octanol–water partition coefficient (Wildman–Crippen LogP) is 3.94. The van der Waals surface area contributed by atoms with Crippen LogP contribution in [0, 0.1) is 0 Å². The number of ether oxygens (including phenoxy) is 1. The number of esters is 1. The molecule has 0 bridgehead atoms. The highest BCUT2D eigenvalue weighted by molar-refractivity contribution is 5.98. The maximum atomic E-state index is 12.2. The second-order valence-electron chi connectivity index (χ2n) is 4.99. The third-order valence-electron chi connectivity index (χ3n) is 3.56. The Labute approximate surface area is 152 Å². The van der Waals surface area contributed by atoms with E-state index in [2.05, 4.69) is 0 Å². The first-order chi connectivity index (χ1) is 10.7. The minimum atomic E-state index is -0.439. The van der Waals surface area contributed by atoms with E-state index in [1.807, 2.05) is 30.3 Å². The lowest BCUT2D eigenvalue weighted by atomic mass is 10.1. The fourth-order valence-electron chi connectivity index (χ4n) is 2.30. The fraction of sp³-hybridized carbons (Fsp3) is 0.0556. The molecule has 126 valence electrons. The van der Waals surface area contributed by atoms with Gasteiger partial charge < -0.3 is 16.2 Å². The molecule has 0 aliphatic carbocycles. The molecule has 0 aromatic heterocycles. The number of hydrogen-bond donors (Lipinski definition) is 2. The van der Waals surface area contributed by atoms with Gasteiger partial charge in [0.15, 0.2) is 5.75 Å². The van der Waals surface area contributed by atoms with Crippen molar-refractivity contribution in [2.45, 2.75) is 6.54 Å². The molecule has 4 nitrogen and oxygen atoms in total. The number of halogens is 2. The quantitative estimate of drug-likeness (QED) is 0.419. The van der Waals surface area contributed by atoms with Crippen LogP contribution >= 0.6 is 24.8 Å². The Hall–Kier alpha value is -2.27. The van der Waals surface area contributed by atoms with E-state index < -0.39 is 5.97 Å². The largest absolute Gasteiger partial charge is 0.421 e. The number of nitrogen functional groups attached to an aromatic ring is 1. The van der Waals surface area contributed by atoms with E-state index in [1.54, 1.807) is 30.3 Å². The number of anilines is 1. The number of hydrogen-bond acceptors (Lipinski definition) is 4. The van der Waals surface area contributed by atoms with Crippen LogP contribution in [0.5, 0.6) is 5.75 Å². The highest BCUT2D eigenvalue weighted by Crippen LogP contribution is 2.30. The van der Waals surface area contributed by atoms with E-state index in [9.17, 15) is 4.79 Å². The van der Waals surface area contributed by atoms with Crippen molar-refractivity contribution in [2.75, 3.05) is 5.73 Å². The zero-order valence-electron chi connectivity index (χ0n) is 12.8. The predicted molar refractivity (Wildman–Crippen MR) is 102 cm³/mol. The Morgan fingerprint density at radius 3 is 2.25 bits per heavy atom. The highest BCUT2D eigenvalue weighted by atomic mass is 35.5. The fourth-order valence-corrected chi connectivity index (χ4v) is 2.30. The van der Waals surface area contributed by atoms with Crippen LogP contribution in [0.2, 0.25) is 0 Å². The van der Waals surface area contributed by atoms with Crippen molar-refractivity contribution in [3.8, 4) is 5.75 Å². The molecule has 0 heterocycles. The van der Waals surface area contributed by atoms with Gasteiger partial charge in [0.25, 0.3) is 0 Å². The van der Waals surface area contributed by atoms with E-state index in [0.29, 0.717) is 23.5 Å². The molecule has 0 saturated heterocycles. The van der Waals surface area contributed by atoms with Crippen LogP contribution in [0.15, 0.2) is 60.7 Å². The van der Waals surface area contributed by atoms with Gasteiger partial charge in [-0.15, -0.1) is 24.8 Å². The van der Waals surface area contributed by atoms with Gasteiger partial charge in [0.05, 0.1) is 11.3 Å². The summed E-state index contributed by atoms with van der Waals surface area (Å²) in [6.07, 6.45) is 0. The number of benzene rings is 3. The maximum absolute atomic E-state index is 12.2. The Morgan fingerprint density at radius 1 is 0.917 bits per heavy atom.